The highest BCUT2D eigenvalue weighted by atomic mass is 79.9. The molecule has 2 atom stereocenters. The van der Waals surface area contributed by atoms with Crippen LogP contribution in [-0.4, -0.2) is 6.04 Å². The molecule has 0 spiro atoms. The molecule has 1 aromatic carbocycles. The quantitative estimate of drug-likeness (QED) is 0.815. The number of rotatable bonds is 3. The highest BCUT2D eigenvalue weighted by molar-refractivity contribution is 9.10. The first-order valence-corrected chi connectivity index (χ1v) is 8.04. The largest absolute Gasteiger partial charge is 0.382 e. The summed E-state index contributed by atoms with van der Waals surface area (Å²) in [6, 6.07) is 7.31. The Labute approximate surface area is 118 Å². The Morgan fingerprint density at radius 2 is 1.94 bits per heavy atom. The van der Waals surface area contributed by atoms with Gasteiger partial charge in [0.05, 0.1) is 0 Å². The molecule has 2 aliphatic carbocycles. The number of hydrogen-bond donors (Lipinski definition) is 1. The second-order valence-electron chi connectivity index (χ2n) is 6.07. The van der Waals surface area contributed by atoms with Crippen molar-refractivity contribution in [1.29, 1.82) is 0 Å². The number of halogens is 1. The number of benzene rings is 1. The third-order valence-electron chi connectivity index (χ3n) is 4.55. The molecular formula is C16H22BrN. The van der Waals surface area contributed by atoms with Crippen molar-refractivity contribution in [1.82, 2.24) is 0 Å². The fourth-order valence-electron chi connectivity index (χ4n) is 3.27. The van der Waals surface area contributed by atoms with E-state index >= 15 is 0 Å². The summed E-state index contributed by atoms with van der Waals surface area (Å²) in [5, 5.41) is 3.73. The SMILES string of the molecule is Cc1ccc(NC2CCCC(C3CC3)C2)cc1Br. The maximum atomic E-state index is 3.73. The van der Waals surface area contributed by atoms with Gasteiger partial charge in [0, 0.05) is 16.2 Å². The number of anilines is 1. The van der Waals surface area contributed by atoms with Crippen molar-refractivity contribution in [2.24, 2.45) is 11.8 Å². The van der Waals surface area contributed by atoms with Crippen molar-refractivity contribution >= 4 is 21.6 Å². The summed E-state index contributed by atoms with van der Waals surface area (Å²) in [6.07, 6.45) is 8.60. The van der Waals surface area contributed by atoms with Gasteiger partial charge < -0.3 is 5.32 Å². The molecule has 0 bridgehead atoms. The third-order valence-corrected chi connectivity index (χ3v) is 5.40. The lowest BCUT2D eigenvalue weighted by atomic mass is 9.82. The average Bonchev–Trinajstić information content (AvgIpc) is 3.18. The van der Waals surface area contributed by atoms with E-state index in [-0.39, 0.29) is 0 Å². The molecule has 18 heavy (non-hydrogen) atoms. The Bertz CT molecular complexity index is 425. The standard InChI is InChI=1S/C16H22BrN/c1-11-5-8-15(10-16(11)17)18-14-4-2-3-13(9-14)12-6-7-12/h5,8,10,12-14,18H,2-4,6-7,9H2,1H3. The summed E-state index contributed by atoms with van der Waals surface area (Å²) in [5.74, 6) is 2.07. The lowest BCUT2D eigenvalue weighted by Gasteiger charge is -2.30. The highest BCUT2D eigenvalue weighted by Gasteiger charge is 2.34. The second-order valence-corrected chi connectivity index (χ2v) is 6.92. The first kappa shape index (κ1) is 12.5. The van der Waals surface area contributed by atoms with Crippen LogP contribution in [0, 0.1) is 18.8 Å². The number of hydrogen-bond acceptors (Lipinski definition) is 1. The van der Waals surface area contributed by atoms with E-state index in [2.05, 4.69) is 46.4 Å². The molecule has 0 saturated heterocycles. The Hall–Kier alpha value is -0.500. The predicted molar refractivity (Wildman–Crippen MR) is 81.0 cm³/mol. The van der Waals surface area contributed by atoms with Crippen LogP contribution in [0.15, 0.2) is 22.7 Å². The molecule has 0 aromatic heterocycles. The van der Waals surface area contributed by atoms with Gasteiger partial charge in [-0.3, -0.25) is 0 Å². The molecule has 3 rings (SSSR count). The molecule has 1 nitrogen and oxygen atoms in total. The Balaban J connectivity index is 1.62. The van der Waals surface area contributed by atoms with Crippen LogP contribution >= 0.6 is 15.9 Å². The van der Waals surface area contributed by atoms with Crippen LogP contribution in [0.4, 0.5) is 5.69 Å². The smallest absolute Gasteiger partial charge is 0.0353 e. The molecule has 1 aromatic rings. The molecule has 2 fully saturated rings. The van der Waals surface area contributed by atoms with E-state index < -0.39 is 0 Å². The van der Waals surface area contributed by atoms with Crippen LogP contribution in [0.5, 0.6) is 0 Å². The van der Waals surface area contributed by atoms with E-state index in [0.29, 0.717) is 6.04 Å². The molecule has 2 saturated carbocycles. The number of aryl methyl sites for hydroxylation is 1. The van der Waals surface area contributed by atoms with E-state index in [1.807, 2.05) is 0 Å². The predicted octanol–water partition coefficient (Wildman–Crippen LogP) is 5.14. The topological polar surface area (TPSA) is 12.0 Å². The zero-order valence-corrected chi connectivity index (χ0v) is 12.7. The zero-order chi connectivity index (χ0) is 12.5. The lowest BCUT2D eigenvalue weighted by Crippen LogP contribution is -2.28. The fourth-order valence-corrected chi connectivity index (χ4v) is 3.65. The minimum absolute atomic E-state index is 0.693. The van der Waals surface area contributed by atoms with Crippen LogP contribution in [0.2, 0.25) is 0 Å². The fraction of sp³-hybridized carbons (Fsp3) is 0.625. The van der Waals surface area contributed by atoms with Gasteiger partial charge in [0.2, 0.25) is 0 Å². The Morgan fingerprint density at radius 3 is 2.67 bits per heavy atom. The second kappa shape index (κ2) is 5.24. The summed E-state index contributed by atoms with van der Waals surface area (Å²) in [4.78, 5) is 0. The van der Waals surface area contributed by atoms with Crippen LogP contribution in [0.1, 0.15) is 44.1 Å². The van der Waals surface area contributed by atoms with Gasteiger partial charge in [-0.2, -0.15) is 0 Å². The maximum Gasteiger partial charge on any atom is 0.0353 e. The van der Waals surface area contributed by atoms with Crippen LogP contribution in [-0.2, 0) is 0 Å². The summed E-state index contributed by atoms with van der Waals surface area (Å²) in [5.41, 5.74) is 2.58. The minimum atomic E-state index is 0.693. The van der Waals surface area contributed by atoms with Crippen LogP contribution in [0.25, 0.3) is 0 Å². The van der Waals surface area contributed by atoms with Crippen LogP contribution < -0.4 is 5.32 Å². The molecule has 2 unspecified atom stereocenters. The monoisotopic (exact) mass is 307 g/mol. The molecule has 0 radical (unpaired) electrons. The summed E-state index contributed by atoms with van der Waals surface area (Å²) >= 11 is 3.62. The van der Waals surface area contributed by atoms with Crippen molar-refractivity contribution < 1.29 is 0 Å². The summed E-state index contributed by atoms with van der Waals surface area (Å²) in [7, 11) is 0. The van der Waals surface area contributed by atoms with Crippen molar-refractivity contribution in [3.8, 4) is 0 Å². The molecule has 0 amide bonds. The molecular weight excluding hydrogens is 286 g/mol. The first-order valence-electron chi connectivity index (χ1n) is 7.25. The normalized spacial score (nSPS) is 28.1. The van der Waals surface area contributed by atoms with Crippen molar-refractivity contribution in [2.45, 2.75) is 51.5 Å². The van der Waals surface area contributed by atoms with E-state index in [4.69, 9.17) is 0 Å². The lowest BCUT2D eigenvalue weighted by molar-refractivity contribution is 0.303. The highest BCUT2D eigenvalue weighted by Crippen LogP contribution is 2.44. The zero-order valence-electron chi connectivity index (χ0n) is 11.1. The Kier molecular flexibility index (Phi) is 3.65. The number of nitrogens with one attached hydrogen (secondary N) is 1. The van der Waals surface area contributed by atoms with Crippen molar-refractivity contribution in [3.63, 3.8) is 0 Å². The molecule has 0 aliphatic heterocycles. The van der Waals surface area contributed by atoms with Gasteiger partial charge in [0.15, 0.2) is 0 Å². The van der Waals surface area contributed by atoms with E-state index in [1.54, 1.807) is 0 Å². The van der Waals surface area contributed by atoms with Gasteiger partial charge in [0.1, 0.15) is 0 Å². The molecule has 2 heteroatoms. The first-order chi connectivity index (χ1) is 8.72. The van der Waals surface area contributed by atoms with Crippen molar-refractivity contribution in [2.75, 3.05) is 5.32 Å². The van der Waals surface area contributed by atoms with Crippen LogP contribution in [0.3, 0.4) is 0 Å². The minimum Gasteiger partial charge on any atom is -0.382 e. The van der Waals surface area contributed by atoms with Gasteiger partial charge in [-0.1, -0.05) is 34.8 Å². The van der Waals surface area contributed by atoms with E-state index in [9.17, 15) is 0 Å². The maximum absolute atomic E-state index is 3.73. The summed E-state index contributed by atoms with van der Waals surface area (Å²) < 4.78 is 1.21. The van der Waals surface area contributed by atoms with Gasteiger partial charge in [-0.25, -0.2) is 0 Å². The molecule has 1 N–H and O–H groups in total. The van der Waals surface area contributed by atoms with E-state index in [1.165, 1.54) is 54.2 Å². The van der Waals surface area contributed by atoms with Gasteiger partial charge in [0.25, 0.3) is 0 Å². The van der Waals surface area contributed by atoms with Gasteiger partial charge >= 0.3 is 0 Å². The molecule has 0 heterocycles. The summed E-state index contributed by atoms with van der Waals surface area (Å²) in [6.45, 7) is 2.14. The molecule has 2 aliphatic rings. The average molecular weight is 308 g/mol. The van der Waals surface area contributed by atoms with Gasteiger partial charge in [-0.05, 0) is 62.1 Å². The van der Waals surface area contributed by atoms with Crippen molar-refractivity contribution in [3.05, 3.63) is 28.2 Å². The Morgan fingerprint density at radius 1 is 1.11 bits per heavy atom. The third kappa shape index (κ3) is 2.90. The molecule has 98 valence electrons. The van der Waals surface area contributed by atoms with E-state index in [0.717, 1.165) is 11.8 Å². The van der Waals surface area contributed by atoms with Gasteiger partial charge in [-0.15, -0.1) is 0 Å².